The van der Waals surface area contributed by atoms with Gasteiger partial charge in [0.25, 0.3) is 0 Å². The summed E-state index contributed by atoms with van der Waals surface area (Å²) in [4.78, 5) is 32.3. The largest absolute Gasteiger partial charge is 0.496 e. The molecule has 2 aromatic heterocycles. The molecular weight excluding hydrogens is 416 g/mol. The van der Waals surface area contributed by atoms with Crippen LogP contribution < -0.4 is 20.1 Å². The molecule has 2 amide bonds. The van der Waals surface area contributed by atoms with Crippen LogP contribution in [0.5, 0.6) is 17.4 Å². The Morgan fingerprint density at radius 1 is 1.19 bits per heavy atom. The molecule has 0 radical (unpaired) electrons. The molecule has 32 heavy (non-hydrogen) atoms. The van der Waals surface area contributed by atoms with E-state index in [-0.39, 0.29) is 12.5 Å². The van der Waals surface area contributed by atoms with Gasteiger partial charge in [-0.05, 0) is 32.0 Å². The summed E-state index contributed by atoms with van der Waals surface area (Å²) >= 11 is 0. The van der Waals surface area contributed by atoms with Crippen molar-refractivity contribution < 1.29 is 28.6 Å². The summed E-state index contributed by atoms with van der Waals surface area (Å²) < 4.78 is 16.2. The van der Waals surface area contributed by atoms with E-state index < -0.39 is 17.4 Å². The molecule has 0 aliphatic heterocycles. The SMILES string of the molecule is COc1cc(NC(=O)C(=O)NC(C)(C)CCOc2ccnc(O)c2)ccc1-c1cnco1. The van der Waals surface area contributed by atoms with Gasteiger partial charge in [-0.1, -0.05) is 0 Å². The van der Waals surface area contributed by atoms with E-state index in [0.29, 0.717) is 34.9 Å². The number of rotatable bonds is 8. The fraction of sp³-hybridized carbons (Fsp3) is 0.273. The van der Waals surface area contributed by atoms with E-state index in [1.807, 2.05) is 0 Å². The van der Waals surface area contributed by atoms with Gasteiger partial charge in [0.15, 0.2) is 12.2 Å². The highest BCUT2D eigenvalue weighted by atomic mass is 16.5. The van der Waals surface area contributed by atoms with Crippen LogP contribution in [0.3, 0.4) is 0 Å². The topological polar surface area (TPSA) is 136 Å². The lowest BCUT2D eigenvalue weighted by atomic mass is 10.0. The second kappa shape index (κ2) is 9.82. The highest BCUT2D eigenvalue weighted by Crippen LogP contribution is 2.32. The number of hydrogen-bond acceptors (Lipinski definition) is 8. The summed E-state index contributed by atoms with van der Waals surface area (Å²) in [6, 6.07) is 7.92. The number of carbonyl (C=O) groups excluding carboxylic acids is 2. The average Bonchev–Trinajstić information content (AvgIpc) is 3.28. The number of methoxy groups -OCH3 is 1. The number of aromatic nitrogens is 2. The predicted molar refractivity (Wildman–Crippen MR) is 115 cm³/mol. The molecule has 0 aliphatic rings. The fourth-order valence-electron chi connectivity index (χ4n) is 2.85. The van der Waals surface area contributed by atoms with Crippen molar-refractivity contribution >= 4 is 17.5 Å². The maximum atomic E-state index is 12.4. The molecule has 0 saturated carbocycles. The van der Waals surface area contributed by atoms with Crippen LogP contribution in [0.2, 0.25) is 0 Å². The van der Waals surface area contributed by atoms with Gasteiger partial charge >= 0.3 is 11.8 Å². The number of nitrogens with one attached hydrogen (secondary N) is 2. The lowest BCUT2D eigenvalue weighted by molar-refractivity contribution is -0.137. The number of nitrogens with zero attached hydrogens (tertiary/aromatic N) is 2. The number of hydrogen-bond donors (Lipinski definition) is 3. The Morgan fingerprint density at radius 2 is 2.00 bits per heavy atom. The van der Waals surface area contributed by atoms with E-state index >= 15 is 0 Å². The van der Waals surface area contributed by atoms with E-state index in [0.717, 1.165) is 0 Å². The fourth-order valence-corrected chi connectivity index (χ4v) is 2.85. The van der Waals surface area contributed by atoms with Crippen molar-refractivity contribution in [2.75, 3.05) is 19.0 Å². The molecule has 0 saturated heterocycles. The summed E-state index contributed by atoms with van der Waals surface area (Å²) in [6.07, 6.45) is 4.71. The first-order chi connectivity index (χ1) is 15.3. The van der Waals surface area contributed by atoms with Crippen molar-refractivity contribution in [3.05, 3.63) is 49.1 Å². The Hall–Kier alpha value is -4.08. The van der Waals surface area contributed by atoms with Crippen molar-refractivity contribution in [2.24, 2.45) is 0 Å². The van der Waals surface area contributed by atoms with Crippen molar-refractivity contribution in [1.82, 2.24) is 15.3 Å². The molecule has 0 fully saturated rings. The molecule has 3 rings (SSSR count). The molecule has 0 spiro atoms. The Labute approximate surface area is 184 Å². The zero-order chi connectivity index (χ0) is 23.1. The number of anilines is 1. The van der Waals surface area contributed by atoms with Gasteiger partial charge in [0.1, 0.15) is 11.5 Å². The minimum Gasteiger partial charge on any atom is -0.496 e. The summed E-state index contributed by atoms with van der Waals surface area (Å²) in [5, 5.41) is 14.6. The van der Waals surface area contributed by atoms with Gasteiger partial charge in [-0.25, -0.2) is 9.97 Å². The van der Waals surface area contributed by atoms with E-state index in [4.69, 9.17) is 13.9 Å². The van der Waals surface area contributed by atoms with Crippen LogP contribution in [0.4, 0.5) is 5.69 Å². The lowest BCUT2D eigenvalue weighted by Gasteiger charge is -2.26. The molecule has 10 nitrogen and oxygen atoms in total. The van der Waals surface area contributed by atoms with Gasteiger partial charge < -0.3 is 29.6 Å². The maximum Gasteiger partial charge on any atom is 0.313 e. The van der Waals surface area contributed by atoms with Crippen LogP contribution in [0.1, 0.15) is 20.3 Å². The Balaban J connectivity index is 1.55. The Kier molecular flexibility index (Phi) is 6.93. The summed E-state index contributed by atoms with van der Waals surface area (Å²) in [5.41, 5.74) is 0.345. The molecule has 0 unspecified atom stereocenters. The number of amides is 2. The normalized spacial score (nSPS) is 11.0. The smallest absolute Gasteiger partial charge is 0.313 e. The molecule has 10 heteroatoms. The van der Waals surface area contributed by atoms with E-state index in [1.165, 1.54) is 25.8 Å². The third-order valence-corrected chi connectivity index (χ3v) is 4.53. The molecule has 0 atom stereocenters. The summed E-state index contributed by atoms with van der Waals surface area (Å²) in [5.74, 6) is -0.303. The van der Waals surface area contributed by atoms with Gasteiger partial charge in [-0.3, -0.25) is 9.59 Å². The number of pyridine rings is 1. The first kappa shape index (κ1) is 22.6. The molecule has 1 aromatic carbocycles. The molecule has 3 N–H and O–H groups in total. The van der Waals surface area contributed by atoms with Crippen LogP contribution >= 0.6 is 0 Å². The van der Waals surface area contributed by atoms with Gasteiger partial charge in [0.2, 0.25) is 5.88 Å². The number of aromatic hydroxyl groups is 1. The van der Waals surface area contributed by atoms with Crippen LogP contribution in [0.15, 0.2) is 53.5 Å². The minimum atomic E-state index is -0.812. The van der Waals surface area contributed by atoms with Gasteiger partial charge in [-0.2, -0.15) is 0 Å². The van der Waals surface area contributed by atoms with E-state index in [2.05, 4.69) is 20.6 Å². The maximum absolute atomic E-state index is 12.4. The molecule has 168 valence electrons. The van der Waals surface area contributed by atoms with Gasteiger partial charge in [0, 0.05) is 36.0 Å². The van der Waals surface area contributed by atoms with Crippen LogP contribution in [0, 0.1) is 0 Å². The van der Waals surface area contributed by atoms with Crippen LogP contribution in [0.25, 0.3) is 11.3 Å². The average molecular weight is 440 g/mol. The van der Waals surface area contributed by atoms with Crippen molar-refractivity contribution in [1.29, 1.82) is 0 Å². The zero-order valence-electron chi connectivity index (χ0n) is 17.9. The molecule has 0 aliphatic carbocycles. The minimum absolute atomic E-state index is 0.141. The van der Waals surface area contributed by atoms with Crippen LogP contribution in [-0.4, -0.2) is 46.1 Å². The zero-order valence-corrected chi connectivity index (χ0v) is 17.9. The highest BCUT2D eigenvalue weighted by molar-refractivity contribution is 6.39. The third kappa shape index (κ3) is 5.97. The van der Waals surface area contributed by atoms with Gasteiger partial charge in [0.05, 0.1) is 25.5 Å². The van der Waals surface area contributed by atoms with Gasteiger partial charge in [-0.15, -0.1) is 0 Å². The van der Waals surface area contributed by atoms with E-state index in [9.17, 15) is 14.7 Å². The van der Waals surface area contributed by atoms with Crippen molar-refractivity contribution in [2.45, 2.75) is 25.8 Å². The summed E-state index contributed by atoms with van der Waals surface area (Å²) in [6.45, 7) is 3.82. The lowest BCUT2D eigenvalue weighted by Crippen LogP contribution is -2.48. The number of ether oxygens (including phenoxy) is 2. The van der Waals surface area contributed by atoms with Crippen molar-refractivity contribution in [3.8, 4) is 28.7 Å². The number of carbonyl (C=O) groups is 2. The second-order valence-electron chi connectivity index (χ2n) is 7.52. The number of oxazole rings is 1. The number of benzene rings is 1. The highest BCUT2D eigenvalue weighted by Gasteiger charge is 2.25. The molecule has 2 heterocycles. The van der Waals surface area contributed by atoms with Crippen molar-refractivity contribution in [3.63, 3.8) is 0 Å². The predicted octanol–water partition coefficient (Wildman–Crippen LogP) is 2.75. The Morgan fingerprint density at radius 3 is 2.69 bits per heavy atom. The first-order valence-electron chi connectivity index (χ1n) is 9.75. The second-order valence-corrected chi connectivity index (χ2v) is 7.52. The molecule has 0 bridgehead atoms. The Bertz CT molecular complexity index is 1080. The van der Waals surface area contributed by atoms with Crippen LogP contribution in [-0.2, 0) is 9.59 Å². The third-order valence-electron chi connectivity index (χ3n) is 4.53. The quantitative estimate of drug-likeness (QED) is 0.455. The standard InChI is InChI=1S/C22H24N4O6/c1-22(2,7-9-31-15-6-8-24-19(27)11-15)26-21(29)20(28)25-14-4-5-16(17(10-14)30-3)18-12-23-13-32-18/h4-6,8,10-13H,7,9H2,1-3H3,(H,24,27)(H,25,28)(H,26,29). The first-order valence-corrected chi connectivity index (χ1v) is 9.75. The van der Waals surface area contributed by atoms with E-state index in [1.54, 1.807) is 44.3 Å². The monoisotopic (exact) mass is 440 g/mol. The summed E-state index contributed by atoms with van der Waals surface area (Å²) in [7, 11) is 1.49. The molecular formula is C22H24N4O6. The molecule has 3 aromatic rings.